The van der Waals surface area contributed by atoms with Crippen molar-refractivity contribution in [3.05, 3.63) is 39.8 Å². The second-order valence-electron chi connectivity index (χ2n) is 8.82. The number of rotatable bonds is 22. The number of hydrogen-bond donors (Lipinski definition) is 0. The number of allylic oxidation sites excluding steroid dienone is 1. The van der Waals surface area contributed by atoms with Gasteiger partial charge in [-0.3, -0.25) is 13.9 Å². The van der Waals surface area contributed by atoms with Gasteiger partial charge in [-0.25, -0.2) is 9.78 Å². The van der Waals surface area contributed by atoms with Crippen molar-refractivity contribution in [3.63, 3.8) is 0 Å². The van der Waals surface area contributed by atoms with Gasteiger partial charge in [-0.15, -0.1) is 6.58 Å². The first-order valence-corrected chi connectivity index (χ1v) is 13.1. The number of aromatic nitrogens is 4. The minimum atomic E-state index is -0.394. The molecule has 0 aliphatic carbocycles. The number of ether oxygens (including phenoxy) is 4. The molecule has 0 aliphatic rings. The Morgan fingerprint density at radius 3 is 1.89 bits per heavy atom. The van der Waals surface area contributed by atoms with Crippen LogP contribution in [0.2, 0.25) is 0 Å². The van der Waals surface area contributed by atoms with Crippen molar-refractivity contribution in [3.8, 4) is 0 Å². The number of fused-ring (bicyclic) bond motifs is 1. The van der Waals surface area contributed by atoms with E-state index in [0.29, 0.717) is 64.0 Å². The maximum atomic E-state index is 12.4. The van der Waals surface area contributed by atoms with Crippen LogP contribution in [0.4, 0.5) is 0 Å². The fraction of sp³-hybridized carbons (Fsp3) is 0.731. The highest BCUT2D eigenvalue weighted by atomic mass is 16.6. The van der Waals surface area contributed by atoms with Gasteiger partial charge in [0.1, 0.15) is 0 Å². The molecule has 0 radical (unpaired) electrons. The first-order chi connectivity index (χ1) is 17.6. The molecule has 0 saturated carbocycles. The third kappa shape index (κ3) is 10.4. The molecule has 0 aliphatic heterocycles. The van der Waals surface area contributed by atoms with E-state index in [1.807, 2.05) is 6.08 Å². The van der Waals surface area contributed by atoms with E-state index in [2.05, 4.69) is 11.6 Å². The summed E-state index contributed by atoms with van der Waals surface area (Å²) in [7, 11) is 3.06. The van der Waals surface area contributed by atoms with E-state index in [1.165, 1.54) is 50.1 Å². The van der Waals surface area contributed by atoms with Crippen LogP contribution in [0, 0.1) is 0 Å². The van der Waals surface area contributed by atoms with Crippen molar-refractivity contribution in [1.82, 2.24) is 18.7 Å². The quantitative estimate of drug-likeness (QED) is 0.178. The van der Waals surface area contributed by atoms with Crippen molar-refractivity contribution in [2.45, 2.75) is 57.9 Å². The van der Waals surface area contributed by atoms with E-state index in [4.69, 9.17) is 18.9 Å². The average Bonchev–Trinajstić information content (AvgIpc) is 3.31. The fourth-order valence-corrected chi connectivity index (χ4v) is 3.87. The predicted molar refractivity (Wildman–Crippen MR) is 141 cm³/mol. The summed E-state index contributed by atoms with van der Waals surface area (Å²) >= 11 is 0. The van der Waals surface area contributed by atoms with Crippen LogP contribution < -0.4 is 11.2 Å². The predicted octanol–water partition coefficient (Wildman–Crippen LogP) is 2.81. The molecule has 0 bridgehead atoms. The van der Waals surface area contributed by atoms with Crippen molar-refractivity contribution in [1.29, 1.82) is 0 Å². The molecule has 10 heteroatoms. The molecule has 2 aromatic rings. The highest BCUT2D eigenvalue weighted by Crippen LogP contribution is 2.09. The first kappa shape index (κ1) is 30.0. The summed E-state index contributed by atoms with van der Waals surface area (Å²) in [6.45, 7) is 8.56. The molecular weight excluding hydrogens is 464 g/mol. The summed E-state index contributed by atoms with van der Waals surface area (Å²) in [6, 6.07) is 0. The molecule has 36 heavy (non-hydrogen) atoms. The minimum Gasteiger partial charge on any atom is -0.379 e. The molecule has 2 heterocycles. The Kier molecular flexibility index (Phi) is 15.0. The van der Waals surface area contributed by atoms with Gasteiger partial charge in [0.05, 0.1) is 52.6 Å². The van der Waals surface area contributed by atoms with Crippen molar-refractivity contribution < 1.29 is 18.9 Å². The van der Waals surface area contributed by atoms with Crippen molar-refractivity contribution in [2.24, 2.45) is 14.1 Å². The van der Waals surface area contributed by atoms with Gasteiger partial charge >= 0.3 is 5.69 Å². The molecule has 0 fully saturated rings. The van der Waals surface area contributed by atoms with Crippen LogP contribution >= 0.6 is 0 Å². The highest BCUT2D eigenvalue weighted by Gasteiger charge is 2.13. The molecule has 0 aromatic carbocycles. The van der Waals surface area contributed by atoms with Crippen LogP contribution in [0.15, 0.2) is 28.6 Å². The van der Waals surface area contributed by atoms with E-state index in [-0.39, 0.29) is 5.56 Å². The van der Waals surface area contributed by atoms with E-state index >= 15 is 0 Å². The molecular formula is C26H44N4O6. The third-order valence-electron chi connectivity index (χ3n) is 6.01. The van der Waals surface area contributed by atoms with Crippen LogP contribution in [0.25, 0.3) is 11.2 Å². The monoisotopic (exact) mass is 508 g/mol. The Morgan fingerprint density at radius 2 is 1.28 bits per heavy atom. The first-order valence-electron chi connectivity index (χ1n) is 13.1. The zero-order chi connectivity index (χ0) is 26.0. The second kappa shape index (κ2) is 18.0. The van der Waals surface area contributed by atoms with Gasteiger partial charge < -0.3 is 23.5 Å². The van der Waals surface area contributed by atoms with Crippen LogP contribution in [0.5, 0.6) is 0 Å². The van der Waals surface area contributed by atoms with E-state index in [0.717, 1.165) is 24.0 Å². The zero-order valence-corrected chi connectivity index (χ0v) is 22.1. The van der Waals surface area contributed by atoms with Crippen LogP contribution in [0.3, 0.4) is 0 Å². The second-order valence-corrected chi connectivity index (χ2v) is 8.82. The van der Waals surface area contributed by atoms with E-state index in [1.54, 1.807) is 17.9 Å². The van der Waals surface area contributed by atoms with Gasteiger partial charge in [-0.2, -0.15) is 0 Å². The third-order valence-corrected chi connectivity index (χ3v) is 6.01. The molecule has 0 atom stereocenters. The minimum absolute atomic E-state index is 0.361. The van der Waals surface area contributed by atoms with Crippen LogP contribution in [0.1, 0.15) is 51.4 Å². The van der Waals surface area contributed by atoms with Crippen molar-refractivity contribution >= 4 is 11.2 Å². The van der Waals surface area contributed by atoms with E-state index in [9.17, 15) is 9.59 Å². The lowest BCUT2D eigenvalue weighted by Crippen LogP contribution is -2.37. The summed E-state index contributed by atoms with van der Waals surface area (Å²) in [5.41, 5.74) is 0.0129. The summed E-state index contributed by atoms with van der Waals surface area (Å²) in [5, 5.41) is 0. The largest absolute Gasteiger partial charge is 0.379 e. The van der Waals surface area contributed by atoms with Gasteiger partial charge in [0, 0.05) is 27.2 Å². The Bertz CT molecular complexity index is 997. The lowest BCUT2D eigenvalue weighted by Gasteiger charge is -2.09. The fourth-order valence-electron chi connectivity index (χ4n) is 3.87. The molecule has 204 valence electrons. The Labute approximate surface area is 213 Å². The number of unbranched alkanes of at least 4 members (excludes halogenated alkanes) is 7. The van der Waals surface area contributed by atoms with Crippen LogP contribution in [-0.4, -0.2) is 71.5 Å². The molecule has 0 unspecified atom stereocenters. The van der Waals surface area contributed by atoms with Gasteiger partial charge in [-0.1, -0.05) is 38.2 Å². The summed E-state index contributed by atoms with van der Waals surface area (Å²) in [4.78, 5) is 28.6. The number of aryl methyl sites for hydroxylation is 1. The average molecular weight is 509 g/mol. The molecule has 0 N–H and O–H groups in total. The smallest absolute Gasteiger partial charge is 0.332 e. The molecule has 2 aromatic heterocycles. The molecule has 0 spiro atoms. The van der Waals surface area contributed by atoms with E-state index < -0.39 is 5.69 Å². The zero-order valence-electron chi connectivity index (χ0n) is 22.1. The van der Waals surface area contributed by atoms with Crippen molar-refractivity contribution in [2.75, 3.05) is 52.9 Å². The summed E-state index contributed by atoms with van der Waals surface area (Å²) in [6.07, 6.45) is 13.6. The molecule has 0 saturated heterocycles. The Morgan fingerprint density at radius 1 is 0.750 bits per heavy atom. The number of hydrogen-bond acceptors (Lipinski definition) is 7. The van der Waals surface area contributed by atoms with Gasteiger partial charge in [0.15, 0.2) is 11.2 Å². The lowest BCUT2D eigenvalue weighted by atomic mass is 10.1. The standard InChI is InChI=1S/C26H44N4O6/c1-4-5-6-7-8-9-10-11-12-14-33-16-18-35-20-21-36-19-17-34-15-13-30-22-27-24-23(30)25(31)29(3)26(32)28(24)2/h4,22H,1,5-21H2,2-3H3. The normalized spacial score (nSPS) is 11.5. The maximum Gasteiger partial charge on any atom is 0.332 e. The topological polar surface area (TPSA) is 98.7 Å². The van der Waals surface area contributed by atoms with Gasteiger partial charge in [0.2, 0.25) is 0 Å². The number of imidazole rings is 1. The SMILES string of the molecule is C=CCCCCCCCCCOCCOCCOCCOCCn1cnc2c1c(=O)n(C)c(=O)n2C. The lowest BCUT2D eigenvalue weighted by molar-refractivity contribution is -0.00280. The Hall–Kier alpha value is -2.27. The maximum absolute atomic E-state index is 12.4. The van der Waals surface area contributed by atoms with Gasteiger partial charge in [0.25, 0.3) is 5.56 Å². The molecule has 2 rings (SSSR count). The number of nitrogens with zero attached hydrogens (tertiary/aromatic N) is 4. The summed E-state index contributed by atoms with van der Waals surface area (Å²) < 4.78 is 26.4. The van der Waals surface area contributed by atoms with Gasteiger partial charge in [-0.05, 0) is 19.3 Å². The molecule has 0 amide bonds. The summed E-state index contributed by atoms with van der Waals surface area (Å²) in [5.74, 6) is 0. The van der Waals surface area contributed by atoms with Crippen LogP contribution in [-0.2, 0) is 39.6 Å². The highest BCUT2D eigenvalue weighted by molar-refractivity contribution is 5.69. The molecule has 10 nitrogen and oxygen atoms in total. The Balaban J connectivity index is 1.38.